The number of likely N-dealkylation sites (tertiary alicyclic amines) is 1. The van der Waals surface area contributed by atoms with E-state index >= 15 is 0 Å². The number of benzene rings is 1. The van der Waals surface area contributed by atoms with Gasteiger partial charge in [0.15, 0.2) is 5.60 Å². The van der Waals surface area contributed by atoms with E-state index < -0.39 is 28.6 Å². The number of carbonyl (C=O) groups excluding carboxylic acids is 2. The summed E-state index contributed by atoms with van der Waals surface area (Å²) in [5, 5.41) is 10.3. The van der Waals surface area contributed by atoms with Gasteiger partial charge in [-0.2, -0.15) is 0 Å². The predicted molar refractivity (Wildman–Crippen MR) is 81.8 cm³/mol. The maximum Gasteiger partial charge on any atom is 0.251 e. The normalized spacial score (nSPS) is 25.9. The molecule has 2 aliphatic rings. The molecule has 7 heteroatoms. The Labute approximate surface area is 138 Å². The molecule has 2 fully saturated rings. The highest BCUT2D eigenvalue weighted by Gasteiger charge is 2.51. The van der Waals surface area contributed by atoms with Gasteiger partial charge >= 0.3 is 0 Å². The van der Waals surface area contributed by atoms with Crippen molar-refractivity contribution in [1.29, 1.82) is 0 Å². The van der Waals surface area contributed by atoms with Crippen molar-refractivity contribution in [2.24, 2.45) is 5.73 Å². The SMILES string of the molecule is NC(=O)C1(O)CCCN(C(=O)C2(c3ccc(F)cc3F)CCC2)C1. The molecule has 5 nitrogen and oxygen atoms in total. The number of nitrogens with zero attached hydrogens (tertiary/aromatic N) is 1. The molecule has 0 spiro atoms. The molecule has 0 radical (unpaired) electrons. The Kier molecular flexibility index (Phi) is 4.07. The van der Waals surface area contributed by atoms with Crippen LogP contribution in [-0.4, -0.2) is 40.5 Å². The minimum atomic E-state index is -1.75. The fourth-order valence-electron chi connectivity index (χ4n) is 3.72. The van der Waals surface area contributed by atoms with E-state index in [1.54, 1.807) is 0 Å². The third-order valence-electron chi connectivity index (χ3n) is 5.28. The average molecular weight is 338 g/mol. The summed E-state index contributed by atoms with van der Waals surface area (Å²) in [5.41, 5.74) is 2.62. The van der Waals surface area contributed by atoms with Gasteiger partial charge in [0.25, 0.3) is 5.91 Å². The van der Waals surface area contributed by atoms with E-state index in [2.05, 4.69) is 0 Å². The van der Waals surface area contributed by atoms with E-state index in [-0.39, 0.29) is 24.4 Å². The lowest BCUT2D eigenvalue weighted by Gasteiger charge is -2.47. The number of hydrogen-bond acceptors (Lipinski definition) is 3. The molecule has 1 atom stereocenters. The summed E-state index contributed by atoms with van der Waals surface area (Å²) in [6, 6.07) is 3.23. The Bertz CT molecular complexity index is 690. The number of carbonyl (C=O) groups is 2. The Morgan fingerprint density at radius 1 is 1.17 bits per heavy atom. The molecule has 130 valence electrons. The number of nitrogens with two attached hydrogens (primary N) is 1. The van der Waals surface area contributed by atoms with Crippen LogP contribution in [0.3, 0.4) is 0 Å². The first-order valence-electron chi connectivity index (χ1n) is 8.06. The molecule has 1 unspecified atom stereocenters. The van der Waals surface area contributed by atoms with Gasteiger partial charge in [-0.1, -0.05) is 12.5 Å². The van der Waals surface area contributed by atoms with E-state index in [0.717, 1.165) is 18.6 Å². The van der Waals surface area contributed by atoms with Crippen LogP contribution in [0, 0.1) is 11.6 Å². The van der Waals surface area contributed by atoms with Crippen molar-refractivity contribution in [1.82, 2.24) is 4.90 Å². The van der Waals surface area contributed by atoms with E-state index in [4.69, 9.17) is 5.73 Å². The average Bonchev–Trinajstić information content (AvgIpc) is 2.48. The topological polar surface area (TPSA) is 83.6 Å². The summed E-state index contributed by atoms with van der Waals surface area (Å²) in [5.74, 6) is -2.64. The standard InChI is InChI=1S/C17H20F2N2O3/c18-11-3-4-12(13(19)9-11)16(5-1-6-16)15(23)21-8-2-7-17(24,10-21)14(20)22/h3-4,9,24H,1-2,5-8,10H2,(H2,20,22). The molecule has 1 aliphatic heterocycles. The van der Waals surface area contributed by atoms with Crippen molar-refractivity contribution < 1.29 is 23.5 Å². The van der Waals surface area contributed by atoms with E-state index in [0.29, 0.717) is 25.8 Å². The highest BCUT2D eigenvalue weighted by Crippen LogP contribution is 2.46. The molecule has 2 amide bonds. The first kappa shape index (κ1) is 16.8. The molecule has 0 aromatic heterocycles. The van der Waals surface area contributed by atoms with Gasteiger partial charge < -0.3 is 15.7 Å². The van der Waals surface area contributed by atoms with Gasteiger partial charge in [-0.05, 0) is 31.7 Å². The number of halogens is 2. The number of piperidine rings is 1. The van der Waals surface area contributed by atoms with Crippen molar-refractivity contribution in [3.8, 4) is 0 Å². The maximum absolute atomic E-state index is 14.2. The number of β-amino-alcohol motifs (C(OH)–C–C–N with tert-alkyl or cyclic N) is 1. The lowest BCUT2D eigenvalue weighted by molar-refractivity contribution is -0.154. The highest BCUT2D eigenvalue weighted by atomic mass is 19.1. The van der Waals surface area contributed by atoms with Crippen LogP contribution in [0.1, 0.15) is 37.7 Å². The molecular formula is C17H20F2N2O3. The largest absolute Gasteiger partial charge is 0.378 e. The van der Waals surface area contributed by atoms with Gasteiger partial charge in [0.05, 0.1) is 12.0 Å². The second-order valence-electron chi connectivity index (χ2n) is 6.79. The summed E-state index contributed by atoms with van der Waals surface area (Å²) in [4.78, 5) is 25.9. The van der Waals surface area contributed by atoms with E-state index in [9.17, 15) is 23.5 Å². The fraction of sp³-hybridized carbons (Fsp3) is 0.529. The van der Waals surface area contributed by atoms with Gasteiger partial charge in [0.2, 0.25) is 5.91 Å². The zero-order chi connectivity index (χ0) is 17.5. The van der Waals surface area contributed by atoms with Crippen LogP contribution in [0.5, 0.6) is 0 Å². The van der Waals surface area contributed by atoms with Crippen molar-refractivity contribution >= 4 is 11.8 Å². The molecule has 1 heterocycles. The minimum Gasteiger partial charge on any atom is -0.378 e. The molecule has 1 aromatic carbocycles. The molecule has 1 aromatic rings. The predicted octanol–water partition coefficient (Wildman–Crippen LogP) is 1.23. The van der Waals surface area contributed by atoms with Crippen LogP contribution in [0.15, 0.2) is 18.2 Å². The maximum atomic E-state index is 14.2. The highest BCUT2D eigenvalue weighted by molar-refractivity contribution is 5.91. The Morgan fingerprint density at radius 2 is 1.88 bits per heavy atom. The third-order valence-corrected chi connectivity index (χ3v) is 5.28. The molecule has 3 N–H and O–H groups in total. The number of aliphatic hydroxyl groups is 1. The summed E-state index contributed by atoms with van der Waals surface area (Å²) >= 11 is 0. The smallest absolute Gasteiger partial charge is 0.251 e. The molecular weight excluding hydrogens is 318 g/mol. The molecule has 1 saturated carbocycles. The van der Waals surface area contributed by atoms with E-state index in [1.807, 2.05) is 0 Å². The lowest BCUT2D eigenvalue weighted by atomic mass is 9.63. The van der Waals surface area contributed by atoms with Crippen molar-refractivity contribution in [2.75, 3.05) is 13.1 Å². The summed E-state index contributed by atoms with van der Waals surface area (Å²) < 4.78 is 27.4. The monoisotopic (exact) mass is 338 g/mol. The van der Waals surface area contributed by atoms with Crippen LogP contribution >= 0.6 is 0 Å². The van der Waals surface area contributed by atoms with Crippen molar-refractivity contribution in [2.45, 2.75) is 43.1 Å². The third kappa shape index (κ3) is 2.56. The number of rotatable bonds is 3. The molecule has 3 rings (SSSR count). The lowest BCUT2D eigenvalue weighted by Crippen LogP contribution is -2.61. The second kappa shape index (κ2) is 5.81. The van der Waals surface area contributed by atoms with Gasteiger partial charge in [-0.25, -0.2) is 8.78 Å². The quantitative estimate of drug-likeness (QED) is 0.869. The number of hydrogen-bond donors (Lipinski definition) is 2. The fourth-order valence-corrected chi connectivity index (χ4v) is 3.72. The zero-order valence-electron chi connectivity index (χ0n) is 13.2. The van der Waals surface area contributed by atoms with Crippen molar-refractivity contribution in [3.05, 3.63) is 35.4 Å². The van der Waals surface area contributed by atoms with Crippen LogP contribution in [0.2, 0.25) is 0 Å². The Morgan fingerprint density at radius 3 is 2.42 bits per heavy atom. The molecule has 0 bridgehead atoms. The van der Waals surface area contributed by atoms with Gasteiger partial charge in [-0.15, -0.1) is 0 Å². The van der Waals surface area contributed by atoms with Crippen LogP contribution in [-0.2, 0) is 15.0 Å². The van der Waals surface area contributed by atoms with Crippen LogP contribution in [0.25, 0.3) is 0 Å². The zero-order valence-corrected chi connectivity index (χ0v) is 13.2. The van der Waals surface area contributed by atoms with E-state index in [1.165, 1.54) is 11.0 Å². The van der Waals surface area contributed by atoms with Crippen molar-refractivity contribution in [3.63, 3.8) is 0 Å². The number of amides is 2. The summed E-state index contributed by atoms with van der Waals surface area (Å²) in [7, 11) is 0. The minimum absolute atomic E-state index is 0.174. The summed E-state index contributed by atoms with van der Waals surface area (Å²) in [6.45, 7) is 0.185. The van der Waals surface area contributed by atoms with Crippen LogP contribution in [0.4, 0.5) is 8.78 Å². The molecule has 1 saturated heterocycles. The summed E-state index contributed by atoms with van der Waals surface area (Å²) in [6.07, 6.45) is 2.31. The first-order chi connectivity index (χ1) is 11.3. The Hall–Kier alpha value is -2.02. The van der Waals surface area contributed by atoms with Crippen LogP contribution < -0.4 is 5.73 Å². The van der Waals surface area contributed by atoms with Gasteiger partial charge in [0, 0.05) is 18.2 Å². The molecule has 24 heavy (non-hydrogen) atoms. The first-order valence-corrected chi connectivity index (χ1v) is 8.06. The Balaban J connectivity index is 1.90. The second-order valence-corrected chi connectivity index (χ2v) is 6.79. The van der Waals surface area contributed by atoms with Gasteiger partial charge in [0.1, 0.15) is 11.6 Å². The van der Waals surface area contributed by atoms with Gasteiger partial charge in [-0.3, -0.25) is 9.59 Å². The number of primary amides is 1. The molecule has 1 aliphatic carbocycles.